The van der Waals surface area contributed by atoms with E-state index in [0.717, 1.165) is 6.07 Å². The third kappa shape index (κ3) is 5.06. The van der Waals surface area contributed by atoms with Crippen LogP contribution in [0.4, 0.5) is 4.39 Å². The lowest BCUT2D eigenvalue weighted by atomic mass is 10.1. The summed E-state index contributed by atoms with van der Waals surface area (Å²) in [6, 6.07) is 3.58. The molecular weight excluding hydrogens is 359 g/mol. The van der Waals surface area contributed by atoms with Crippen molar-refractivity contribution in [2.45, 2.75) is 25.8 Å². The zero-order chi connectivity index (χ0) is 17.7. The predicted molar refractivity (Wildman–Crippen MR) is 89.1 cm³/mol. The van der Waals surface area contributed by atoms with Crippen molar-refractivity contribution in [3.05, 3.63) is 29.0 Å². The van der Waals surface area contributed by atoms with E-state index in [1.807, 2.05) is 0 Å². The first-order valence-corrected chi connectivity index (χ1v) is 9.65. The summed E-state index contributed by atoms with van der Waals surface area (Å²) >= 11 is 5.82. The Balaban J connectivity index is 1.78. The third-order valence-corrected chi connectivity index (χ3v) is 6.01. The minimum atomic E-state index is -3.18. The smallest absolute Gasteiger partial charge is 0.258 e. The topological polar surface area (TPSA) is 75.7 Å². The lowest BCUT2D eigenvalue weighted by Gasteiger charge is -2.31. The summed E-state index contributed by atoms with van der Waals surface area (Å²) in [5.74, 6) is -0.495. The van der Waals surface area contributed by atoms with Gasteiger partial charge >= 0.3 is 0 Å². The maximum absolute atomic E-state index is 12.9. The molecule has 1 heterocycles. The van der Waals surface area contributed by atoms with Crippen molar-refractivity contribution in [3.8, 4) is 5.75 Å². The second kappa shape index (κ2) is 8.13. The average Bonchev–Trinajstić information content (AvgIpc) is 2.54. The molecular formula is C15H20ClFN2O4S. The van der Waals surface area contributed by atoms with Crippen LogP contribution in [0.2, 0.25) is 5.02 Å². The maximum Gasteiger partial charge on any atom is 0.258 e. The molecule has 9 heteroatoms. The van der Waals surface area contributed by atoms with Gasteiger partial charge in [0, 0.05) is 19.1 Å². The van der Waals surface area contributed by atoms with Gasteiger partial charge in [0.25, 0.3) is 5.91 Å². The molecule has 0 bridgehead atoms. The molecule has 24 heavy (non-hydrogen) atoms. The number of carbonyl (C=O) groups is 1. The summed E-state index contributed by atoms with van der Waals surface area (Å²) in [6.45, 7) is 2.16. The molecule has 0 radical (unpaired) electrons. The average molecular weight is 379 g/mol. The van der Waals surface area contributed by atoms with Gasteiger partial charge in [0.15, 0.2) is 6.61 Å². The highest BCUT2D eigenvalue weighted by Crippen LogP contribution is 2.24. The number of sulfonamides is 1. The zero-order valence-corrected chi connectivity index (χ0v) is 14.9. The Morgan fingerprint density at radius 1 is 1.42 bits per heavy atom. The van der Waals surface area contributed by atoms with Crippen molar-refractivity contribution >= 4 is 27.5 Å². The highest BCUT2D eigenvalue weighted by atomic mass is 35.5. The lowest BCUT2D eigenvalue weighted by Crippen LogP contribution is -2.47. The second-order valence-electron chi connectivity index (χ2n) is 5.50. The standard InChI is InChI=1S/C15H20ClFN2O4S/c1-2-24(21,22)19-7-5-12(6-8-19)18-15(20)10-23-14-4-3-11(17)9-13(14)16/h3-4,9,12H,2,5-8,10H2,1H3,(H,18,20). The third-order valence-electron chi connectivity index (χ3n) is 3.83. The fourth-order valence-corrected chi connectivity index (χ4v) is 3.82. The lowest BCUT2D eigenvalue weighted by molar-refractivity contribution is -0.124. The van der Waals surface area contributed by atoms with Gasteiger partial charge in [0.2, 0.25) is 10.0 Å². The number of ether oxygens (including phenoxy) is 1. The summed E-state index contributed by atoms with van der Waals surface area (Å²) in [6.07, 6.45) is 1.12. The summed E-state index contributed by atoms with van der Waals surface area (Å²) in [7, 11) is -3.18. The molecule has 0 unspecified atom stereocenters. The van der Waals surface area contributed by atoms with Crippen LogP contribution in [0.15, 0.2) is 18.2 Å². The van der Waals surface area contributed by atoms with Crippen LogP contribution in [0, 0.1) is 5.82 Å². The van der Waals surface area contributed by atoms with Crippen LogP contribution in [-0.2, 0) is 14.8 Å². The largest absolute Gasteiger partial charge is 0.482 e. The second-order valence-corrected chi connectivity index (χ2v) is 8.17. The molecule has 2 rings (SSSR count). The number of benzene rings is 1. The summed E-state index contributed by atoms with van der Waals surface area (Å²) in [5, 5.41) is 2.91. The molecule has 0 saturated carbocycles. The van der Waals surface area contributed by atoms with Crippen molar-refractivity contribution in [1.29, 1.82) is 0 Å². The maximum atomic E-state index is 12.9. The molecule has 0 atom stereocenters. The highest BCUT2D eigenvalue weighted by Gasteiger charge is 2.27. The minimum Gasteiger partial charge on any atom is -0.482 e. The first-order valence-electron chi connectivity index (χ1n) is 7.67. The summed E-state index contributed by atoms with van der Waals surface area (Å²) < 4.78 is 43.2. The monoisotopic (exact) mass is 378 g/mol. The molecule has 0 aliphatic carbocycles. The molecule has 1 fully saturated rings. The van der Waals surface area contributed by atoms with Gasteiger partial charge in [-0.2, -0.15) is 0 Å². The van der Waals surface area contributed by atoms with Crippen LogP contribution >= 0.6 is 11.6 Å². The van der Waals surface area contributed by atoms with E-state index in [1.165, 1.54) is 16.4 Å². The molecule has 1 saturated heterocycles. The van der Waals surface area contributed by atoms with E-state index in [9.17, 15) is 17.6 Å². The van der Waals surface area contributed by atoms with E-state index in [2.05, 4.69) is 5.32 Å². The molecule has 1 N–H and O–H groups in total. The van der Waals surface area contributed by atoms with E-state index in [-0.39, 0.29) is 35.1 Å². The van der Waals surface area contributed by atoms with Crippen molar-refractivity contribution < 1.29 is 22.3 Å². The molecule has 1 aliphatic rings. The molecule has 1 amide bonds. The molecule has 0 aromatic heterocycles. The number of rotatable bonds is 6. The molecule has 1 aromatic rings. The van der Waals surface area contributed by atoms with Crippen molar-refractivity contribution in [3.63, 3.8) is 0 Å². The Labute approximate surface area is 146 Å². The van der Waals surface area contributed by atoms with Gasteiger partial charge in [-0.3, -0.25) is 4.79 Å². The summed E-state index contributed by atoms with van der Waals surface area (Å²) in [5.41, 5.74) is 0. The number of amides is 1. The van der Waals surface area contributed by atoms with Crippen LogP contribution in [0.1, 0.15) is 19.8 Å². The molecule has 0 spiro atoms. The fourth-order valence-electron chi connectivity index (χ4n) is 2.47. The van der Waals surface area contributed by atoms with Gasteiger partial charge in [-0.25, -0.2) is 17.1 Å². The van der Waals surface area contributed by atoms with Crippen LogP contribution in [0.3, 0.4) is 0 Å². The number of carbonyl (C=O) groups excluding carboxylic acids is 1. The number of nitrogens with zero attached hydrogens (tertiary/aromatic N) is 1. The van der Waals surface area contributed by atoms with Crippen LogP contribution in [0.25, 0.3) is 0 Å². The van der Waals surface area contributed by atoms with Crippen LogP contribution in [-0.4, -0.2) is 50.1 Å². The van der Waals surface area contributed by atoms with Gasteiger partial charge in [-0.15, -0.1) is 0 Å². The van der Waals surface area contributed by atoms with Gasteiger partial charge in [-0.1, -0.05) is 11.6 Å². The zero-order valence-electron chi connectivity index (χ0n) is 13.3. The van der Waals surface area contributed by atoms with Crippen molar-refractivity contribution in [2.75, 3.05) is 25.4 Å². The van der Waals surface area contributed by atoms with Gasteiger partial charge in [0.1, 0.15) is 11.6 Å². The van der Waals surface area contributed by atoms with Crippen molar-refractivity contribution in [2.24, 2.45) is 0 Å². The summed E-state index contributed by atoms with van der Waals surface area (Å²) in [4.78, 5) is 11.9. The SMILES string of the molecule is CCS(=O)(=O)N1CCC(NC(=O)COc2ccc(F)cc2Cl)CC1. The van der Waals surface area contributed by atoms with E-state index in [1.54, 1.807) is 6.92 Å². The first-order chi connectivity index (χ1) is 11.3. The minimum absolute atomic E-state index is 0.0797. The fraction of sp³-hybridized carbons (Fsp3) is 0.533. The number of nitrogens with one attached hydrogen (secondary N) is 1. The Kier molecular flexibility index (Phi) is 6.42. The van der Waals surface area contributed by atoms with E-state index < -0.39 is 15.8 Å². The van der Waals surface area contributed by atoms with Gasteiger partial charge < -0.3 is 10.1 Å². The molecule has 6 nitrogen and oxygen atoms in total. The normalized spacial score (nSPS) is 16.8. The van der Waals surface area contributed by atoms with Crippen molar-refractivity contribution in [1.82, 2.24) is 9.62 Å². The number of hydrogen-bond acceptors (Lipinski definition) is 4. The van der Waals surface area contributed by atoms with Gasteiger partial charge in [-0.05, 0) is 38.0 Å². The van der Waals surface area contributed by atoms with E-state index in [4.69, 9.17) is 16.3 Å². The number of halogens is 2. The molecule has 1 aliphatic heterocycles. The number of hydrogen-bond donors (Lipinski definition) is 1. The highest BCUT2D eigenvalue weighted by molar-refractivity contribution is 7.89. The predicted octanol–water partition coefficient (Wildman–Crippen LogP) is 1.79. The van der Waals surface area contributed by atoms with E-state index in [0.29, 0.717) is 25.9 Å². The Morgan fingerprint density at radius 3 is 2.67 bits per heavy atom. The Bertz CT molecular complexity index is 691. The number of piperidine rings is 1. The molecule has 134 valence electrons. The Morgan fingerprint density at radius 2 is 2.08 bits per heavy atom. The Hall–Kier alpha value is -1.38. The quantitative estimate of drug-likeness (QED) is 0.818. The van der Waals surface area contributed by atoms with Gasteiger partial charge in [0.05, 0.1) is 10.8 Å². The van der Waals surface area contributed by atoms with E-state index >= 15 is 0 Å². The van der Waals surface area contributed by atoms with Crippen LogP contribution < -0.4 is 10.1 Å². The van der Waals surface area contributed by atoms with Crippen LogP contribution in [0.5, 0.6) is 5.75 Å². The first kappa shape index (κ1) is 19.0. The molecule has 1 aromatic carbocycles.